The van der Waals surface area contributed by atoms with Crippen molar-refractivity contribution in [2.24, 2.45) is 0 Å². The van der Waals surface area contributed by atoms with Gasteiger partial charge >= 0.3 is 5.97 Å². The molecule has 7 heteroatoms. The molecule has 3 rings (SSSR count). The van der Waals surface area contributed by atoms with E-state index >= 15 is 0 Å². The van der Waals surface area contributed by atoms with Crippen LogP contribution >= 0.6 is 22.6 Å². The largest absolute Gasteiger partial charge is 0.487 e. The van der Waals surface area contributed by atoms with Crippen molar-refractivity contribution >= 4 is 36.9 Å². The Labute approximate surface area is 229 Å². The summed E-state index contributed by atoms with van der Waals surface area (Å²) < 4.78 is 25.2. The van der Waals surface area contributed by atoms with Crippen molar-refractivity contribution in [1.82, 2.24) is 0 Å². The van der Waals surface area contributed by atoms with Gasteiger partial charge in [0, 0.05) is 0 Å². The van der Waals surface area contributed by atoms with Gasteiger partial charge in [-0.3, -0.25) is 0 Å². The Bertz CT molecular complexity index is 1160. The molecule has 3 aromatic carbocycles. The Kier molecular flexibility index (Phi) is 9.60. The van der Waals surface area contributed by atoms with Gasteiger partial charge in [0.1, 0.15) is 30.3 Å². The highest BCUT2D eigenvalue weighted by molar-refractivity contribution is 14.1. The monoisotopic (exact) mass is 618 g/mol. The summed E-state index contributed by atoms with van der Waals surface area (Å²) in [5.41, 5.74) is 3.13. The van der Waals surface area contributed by atoms with E-state index in [1.165, 1.54) is 7.11 Å². The minimum Gasteiger partial charge on any atom is -0.487 e. The third-order valence-corrected chi connectivity index (χ3v) is 11.8. The molecule has 3 aromatic rings. The van der Waals surface area contributed by atoms with Gasteiger partial charge in [0.05, 0.1) is 22.9 Å². The predicted octanol–water partition coefficient (Wildman–Crippen LogP) is 7.76. The maximum Gasteiger partial charge on any atom is 0.341 e. The van der Waals surface area contributed by atoms with Crippen molar-refractivity contribution in [3.8, 4) is 11.5 Å². The minimum atomic E-state index is -2.11. The van der Waals surface area contributed by atoms with Crippen LogP contribution in [0, 0.1) is 3.57 Å². The first kappa shape index (κ1) is 28.2. The normalized spacial score (nSPS) is 11.8. The highest BCUT2D eigenvalue weighted by atomic mass is 127. The summed E-state index contributed by atoms with van der Waals surface area (Å²) in [6, 6.07) is 21.6. The Morgan fingerprint density at radius 3 is 1.81 bits per heavy atom. The zero-order chi connectivity index (χ0) is 26.3. The summed E-state index contributed by atoms with van der Waals surface area (Å²) in [7, 11) is -0.731. The second-order valence-corrected chi connectivity index (χ2v) is 16.1. The maximum atomic E-state index is 12.8. The third kappa shape index (κ3) is 7.11. The summed E-state index contributed by atoms with van der Waals surface area (Å²) in [4.78, 5) is 12.8. The number of halogens is 1. The highest BCUT2D eigenvalue weighted by Crippen LogP contribution is 2.42. The van der Waals surface area contributed by atoms with Crippen LogP contribution < -0.4 is 9.47 Å². The zero-order valence-corrected chi connectivity index (χ0v) is 25.0. The molecule has 36 heavy (non-hydrogen) atoms. The number of esters is 1. The van der Waals surface area contributed by atoms with E-state index in [4.69, 9.17) is 18.6 Å². The molecule has 0 fully saturated rings. The Hall–Kier alpha value is -2.36. The van der Waals surface area contributed by atoms with E-state index < -0.39 is 14.3 Å². The molecule has 0 heterocycles. The number of rotatable bonds is 10. The molecule has 0 aliphatic carbocycles. The van der Waals surface area contributed by atoms with Gasteiger partial charge in [0.2, 0.25) is 0 Å². The molecule has 0 radical (unpaired) electrons. The van der Waals surface area contributed by atoms with Crippen LogP contribution in [0.3, 0.4) is 0 Å². The van der Waals surface area contributed by atoms with Crippen molar-refractivity contribution in [2.45, 2.75) is 58.7 Å². The Morgan fingerprint density at radius 1 is 0.833 bits per heavy atom. The molecule has 5 nitrogen and oxygen atoms in total. The number of carbonyl (C=O) groups excluding carboxylic acids is 1. The molecule has 0 aliphatic rings. The van der Waals surface area contributed by atoms with Crippen LogP contribution in [0.5, 0.6) is 11.5 Å². The molecule has 0 spiro atoms. The van der Waals surface area contributed by atoms with Crippen LogP contribution in [0.25, 0.3) is 0 Å². The molecular weight excluding hydrogens is 583 g/mol. The predicted molar refractivity (Wildman–Crippen MR) is 154 cm³/mol. The fourth-order valence-electron chi connectivity index (χ4n) is 3.31. The molecule has 0 aliphatic heterocycles. The topological polar surface area (TPSA) is 54.0 Å². The molecule has 192 valence electrons. The van der Waals surface area contributed by atoms with Gasteiger partial charge in [-0.25, -0.2) is 4.79 Å². The molecule has 0 saturated carbocycles. The smallest absolute Gasteiger partial charge is 0.341 e. The lowest BCUT2D eigenvalue weighted by molar-refractivity contribution is 0.0594. The van der Waals surface area contributed by atoms with Gasteiger partial charge in [-0.2, -0.15) is 0 Å². The van der Waals surface area contributed by atoms with Crippen LogP contribution in [-0.4, -0.2) is 21.4 Å². The number of ether oxygens (including phenoxy) is 3. The van der Waals surface area contributed by atoms with E-state index in [1.807, 2.05) is 60.7 Å². The quantitative estimate of drug-likeness (QED) is 0.132. The molecule has 0 N–H and O–H groups in total. The lowest BCUT2D eigenvalue weighted by atomic mass is 10.1. The van der Waals surface area contributed by atoms with E-state index in [0.29, 0.717) is 30.3 Å². The van der Waals surface area contributed by atoms with Crippen molar-refractivity contribution in [1.29, 1.82) is 0 Å². The number of methoxy groups -OCH3 is 1. The van der Waals surface area contributed by atoms with Gasteiger partial charge in [0.15, 0.2) is 8.32 Å². The Morgan fingerprint density at radius 2 is 1.33 bits per heavy atom. The molecule has 0 bridgehead atoms. The minimum absolute atomic E-state index is 0.0240. The van der Waals surface area contributed by atoms with Crippen LogP contribution in [0.2, 0.25) is 18.1 Å². The summed E-state index contributed by atoms with van der Waals surface area (Å²) in [6.45, 7) is 12.0. The first-order valence-corrected chi connectivity index (χ1v) is 15.9. The number of carbonyl (C=O) groups is 1. The molecule has 0 aromatic heterocycles. The maximum absolute atomic E-state index is 12.8. The van der Waals surface area contributed by atoms with Gasteiger partial charge in [0.25, 0.3) is 0 Å². The average Bonchev–Trinajstić information content (AvgIpc) is 2.85. The zero-order valence-electron chi connectivity index (χ0n) is 21.9. The summed E-state index contributed by atoms with van der Waals surface area (Å²) >= 11 is 2.20. The van der Waals surface area contributed by atoms with E-state index in [2.05, 4.69) is 56.5 Å². The highest BCUT2D eigenvalue weighted by Gasteiger charge is 2.38. The first-order valence-electron chi connectivity index (χ1n) is 11.9. The number of hydrogen-bond acceptors (Lipinski definition) is 5. The average molecular weight is 619 g/mol. The van der Waals surface area contributed by atoms with E-state index in [-0.39, 0.29) is 11.6 Å². The van der Waals surface area contributed by atoms with Crippen molar-refractivity contribution in [2.75, 3.05) is 7.11 Å². The molecule has 0 unspecified atom stereocenters. The van der Waals surface area contributed by atoms with Crippen LogP contribution in [-0.2, 0) is 29.0 Å². The van der Waals surface area contributed by atoms with E-state index in [1.54, 1.807) is 6.07 Å². The summed E-state index contributed by atoms with van der Waals surface area (Å²) in [5, 5.41) is 0.0240. The lowest BCUT2D eigenvalue weighted by Crippen LogP contribution is -2.40. The van der Waals surface area contributed by atoms with Crippen LogP contribution in [0.15, 0.2) is 66.7 Å². The third-order valence-electron chi connectivity index (χ3n) is 6.52. The van der Waals surface area contributed by atoms with E-state index in [0.717, 1.165) is 20.3 Å². The second-order valence-electron chi connectivity index (χ2n) is 10.1. The fourth-order valence-corrected chi connectivity index (χ4v) is 5.04. The van der Waals surface area contributed by atoms with Crippen LogP contribution in [0.1, 0.15) is 47.8 Å². The Balaban J connectivity index is 2.07. The number of hydrogen-bond donors (Lipinski definition) is 0. The SMILES string of the molecule is COC(=O)c1cc(I)c(OCc2ccccc2)c(CO[Si](C)(C)C(C)(C)C)c1OCc1ccccc1. The molecule has 0 atom stereocenters. The standard InChI is InChI=1S/C29H35IO5Si/c1-29(2,3)36(5,6)35-20-24-26(33-18-21-13-9-7-10-14-21)23(28(31)32-4)17-25(30)27(24)34-19-22-15-11-8-12-16-22/h7-17H,18-20H2,1-6H3. The van der Waals surface area contributed by atoms with Crippen molar-refractivity contribution in [3.05, 3.63) is 92.6 Å². The van der Waals surface area contributed by atoms with Crippen molar-refractivity contribution in [3.63, 3.8) is 0 Å². The first-order chi connectivity index (χ1) is 17.0. The van der Waals surface area contributed by atoms with Gasteiger partial charge < -0.3 is 18.6 Å². The van der Waals surface area contributed by atoms with E-state index in [9.17, 15) is 4.79 Å². The summed E-state index contributed by atoms with van der Waals surface area (Å²) in [5.74, 6) is 0.640. The fraction of sp³-hybridized carbons (Fsp3) is 0.345. The number of benzene rings is 3. The van der Waals surface area contributed by atoms with Crippen molar-refractivity contribution < 1.29 is 23.4 Å². The van der Waals surface area contributed by atoms with Gasteiger partial charge in [-0.15, -0.1) is 0 Å². The molecule has 0 saturated heterocycles. The molecular formula is C29H35IO5Si. The second kappa shape index (κ2) is 12.3. The summed E-state index contributed by atoms with van der Waals surface area (Å²) in [6.07, 6.45) is 0. The molecule has 0 amide bonds. The van der Waals surface area contributed by atoms with Crippen LogP contribution in [0.4, 0.5) is 0 Å². The van der Waals surface area contributed by atoms with Gasteiger partial charge in [-0.1, -0.05) is 81.4 Å². The van der Waals surface area contributed by atoms with Gasteiger partial charge in [-0.05, 0) is 57.9 Å². The lowest BCUT2D eigenvalue weighted by Gasteiger charge is -2.36.